The van der Waals surface area contributed by atoms with Crippen LogP contribution in [0.15, 0.2) is 30.3 Å². The molecule has 0 fully saturated rings. The van der Waals surface area contributed by atoms with Gasteiger partial charge in [-0.15, -0.1) is 15.0 Å². The van der Waals surface area contributed by atoms with E-state index in [1.807, 2.05) is 24.3 Å². The number of aromatic amines is 2. The first-order valence-corrected chi connectivity index (χ1v) is 7.66. The van der Waals surface area contributed by atoms with Crippen LogP contribution >= 0.6 is 0 Å². The molecule has 2 heterocycles. The summed E-state index contributed by atoms with van der Waals surface area (Å²) in [4.78, 5) is 12.5. The van der Waals surface area contributed by atoms with Gasteiger partial charge in [0.25, 0.3) is 0 Å². The fraction of sp³-hybridized carbons (Fsp3) is 0.188. The number of ether oxygens (including phenoxy) is 1. The van der Waals surface area contributed by atoms with Gasteiger partial charge in [-0.05, 0) is 30.7 Å². The Hall–Kier alpha value is -3.49. The molecule has 0 atom stereocenters. The van der Waals surface area contributed by atoms with Crippen molar-refractivity contribution in [2.45, 2.75) is 12.8 Å². The smallest absolute Gasteiger partial charge is 0.303 e. The maximum absolute atomic E-state index is 11.0. The highest BCUT2D eigenvalue weighted by molar-refractivity contribution is 5.80. The van der Waals surface area contributed by atoms with E-state index in [1.165, 1.54) is 4.80 Å². The molecule has 25 heavy (non-hydrogen) atoms. The van der Waals surface area contributed by atoms with Gasteiger partial charge < -0.3 is 9.84 Å². The first-order chi connectivity index (χ1) is 12.2. The second kappa shape index (κ2) is 5.86. The Balaban J connectivity index is 1.87. The second-order valence-corrected chi connectivity index (χ2v) is 5.54. The van der Waals surface area contributed by atoms with E-state index in [4.69, 9.17) is 9.84 Å². The number of nitrogens with one attached hydrogen (secondary N) is 2. The van der Waals surface area contributed by atoms with E-state index >= 15 is 0 Å². The van der Waals surface area contributed by atoms with E-state index < -0.39 is 5.97 Å². The molecular weight excluding hydrogens is 324 g/mol. The van der Waals surface area contributed by atoms with Crippen LogP contribution in [0.4, 0.5) is 0 Å². The molecular formula is C16H15N6O3+. The molecule has 0 aliphatic heterocycles. The van der Waals surface area contributed by atoms with Crippen molar-refractivity contribution >= 4 is 28.0 Å². The van der Waals surface area contributed by atoms with Crippen molar-refractivity contribution in [3.8, 4) is 11.4 Å². The topological polar surface area (TPSA) is 120 Å². The Morgan fingerprint density at radius 3 is 2.84 bits per heavy atom. The number of aryl methyl sites for hydroxylation is 1. The molecule has 0 saturated carbocycles. The lowest BCUT2D eigenvalue weighted by molar-refractivity contribution is -0.427. The Morgan fingerprint density at radius 1 is 1.24 bits per heavy atom. The van der Waals surface area contributed by atoms with Crippen molar-refractivity contribution < 1.29 is 19.7 Å². The first kappa shape index (κ1) is 15.1. The number of aliphatic carboxylic acids is 1. The standard InChI is InChI=1S/C16H14N6O3/c1-25-9-2-4-11-13(8-9)20-22(19-11)14-6-5-12-16(18-21-17-12)10(14)3-7-15(23)24/h2,4-6,8H,3,7H2,1H3,(H,23,24)(H,17,18,21)/p+1. The SMILES string of the molecule is COc1ccc2nn(-c3ccc4n[nH][nH+]c4c3CCC(=O)O)nc2c1. The fourth-order valence-electron chi connectivity index (χ4n) is 2.80. The van der Waals surface area contributed by atoms with Crippen LogP contribution in [0, 0.1) is 0 Å². The molecule has 0 radical (unpaired) electrons. The normalized spacial score (nSPS) is 11.2. The number of benzene rings is 2. The lowest BCUT2D eigenvalue weighted by Crippen LogP contribution is -2.11. The largest absolute Gasteiger partial charge is 0.497 e. The average Bonchev–Trinajstić information content (AvgIpc) is 3.24. The van der Waals surface area contributed by atoms with Crippen LogP contribution in [-0.4, -0.2) is 43.5 Å². The number of H-pyrrole nitrogens is 2. The van der Waals surface area contributed by atoms with Gasteiger partial charge in [-0.25, -0.2) is 0 Å². The number of rotatable bonds is 5. The molecule has 4 aromatic rings. The molecule has 0 aliphatic rings. The number of carboxylic acids is 1. The summed E-state index contributed by atoms with van der Waals surface area (Å²) >= 11 is 0. The van der Waals surface area contributed by atoms with E-state index in [-0.39, 0.29) is 6.42 Å². The number of carbonyl (C=O) groups is 1. The van der Waals surface area contributed by atoms with E-state index in [2.05, 4.69) is 25.6 Å². The van der Waals surface area contributed by atoms with Crippen LogP contribution in [0.25, 0.3) is 27.8 Å². The summed E-state index contributed by atoms with van der Waals surface area (Å²) in [5.41, 5.74) is 4.39. The van der Waals surface area contributed by atoms with Crippen molar-refractivity contribution in [1.29, 1.82) is 0 Å². The predicted octanol–water partition coefficient (Wildman–Crippen LogP) is 1.14. The van der Waals surface area contributed by atoms with Crippen molar-refractivity contribution in [3.05, 3.63) is 35.9 Å². The molecule has 0 amide bonds. The highest BCUT2D eigenvalue weighted by Gasteiger charge is 2.19. The molecule has 9 nitrogen and oxygen atoms in total. The monoisotopic (exact) mass is 339 g/mol. The molecule has 4 rings (SSSR count). The lowest BCUT2D eigenvalue weighted by Gasteiger charge is -2.06. The summed E-state index contributed by atoms with van der Waals surface area (Å²) in [5, 5.41) is 27.8. The molecule has 126 valence electrons. The number of hydrogen-bond acceptors (Lipinski definition) is 5. The van der Waals surface area contributed by atoms with Crippen LogP contribution in [0.3, 0.4) is 0 Å². The summed E-state index contributed by atoms with van der Waals surface area (Å²) < 4.78 is 5.21. The highest BCUT2D eigenvalue weighted by Crippen LogP contribution is 2.24. The molecule has 0 unspecified atom stereocenters. The lowest BCUT2D eigenvalue weighted by atomic mass is 10.1. The molecule has 0 saturated heterocycles. The van der Waals surface area contributed by atoms with Crippen LogP contribution < -0.4 is 9.84 Å². The van der Waals surface area contributed by atoms with Crippen molar-refractivity contribution in [2.24, 2.45) is 0 Å². The van der Waals surface area contributed by atoms with Gasteiger partial charge in [0.1, 0.15) is 16.8 Å². The zero-order valence-corrected chi connectivity index (χ0v) is 13.4. The maximum atomic E-state index is 11.0. The minimum atomic E-state index is -0.866. The third-order valence-electron chi connectivity index (χ3n) is 4.02. The molecule has 2 aromatic carbocycles. The fourth-order valence-corrected chi connectivity index (χ4v) is 2.80. The second-order valence-electron chi connectivity index (χ2n) is 5.54. The molecule has 9 heteroatoms. The molecule has 0 spiro atoms. The zero-order chi connectivity index (χ0) is 17.4. The Morgan fingerprint density at radius 2 is 2.04 bits per heavy atom. The Labute approximate surface area is 141 Å². The number of aromatic nitrogens is 6. The Kier molecular flexibility index (Phi) is 3.53. The number of methoxy groups -OCH3 is 1. The molecule has 0 aliphatic carbocycles. The molecule has 2 aromatic heterocycles. The molecule has 0 bridgehead atoms. The number of carboxylic acid groups (broad SMARTS) is 1. The number of fused-ring (bicyclic) bond motifs is 2. The first-order valence-electron chi connectivity index (χ1n) is 7.66. The van der Waals surface area contributed by atoms with Gasteiger partial charge in [-0.2, -0.15) is 5.10 Å². The van der Waals surface area contributed by atoms with Gasteiger partial charge in [0.05, 0.1) is 12.8 Å². The van der Waals surface area contributed by atoms with Crippen LogP contribution in [0.5, 0.6) is 5.75 Å². The number of nitrogens with zero attached hydrogens (tertiary/aromatic N) is 4. The van der Waals surface area contributed by atoms with E-state index in [0.717, 1.165) is 22.1 Å². The number of hydrogen-bond donors (Lipinski definition) is 2. The quantitative estimate of drug-likeness (QED) is 0.562. The van der Waals surface area contributed by atoms with Gasteiger partial charge in [-0.1, -0.05) is 5.21 Å². The third kappa shape index (κ3) is 2.65. The maximum Gasteiger partial charge on any atom is 0.303 e. The summed E-state index contributed by atoms with van der Waals surface area (Å²) in [7, 11) is 1.60. The van der Waals surface area contributed by atoms with Gasteiger partial charge in [0.15, 0.2) is 0 Å². The summed E-state index contributed by atoms with van der Waals surface area (Å²) in [6, 6.07) is 9.12. The van der Waals surface area contributed by atoms with E-state index in [1.54, 1.807) is 13.2 Å². The average molecular weight is 339 g/mol. The van der Waals surface area contributed by atoms with Crippen molar-refractivity contribution in [3.63, 3.8) is 0 Å². The zero-order valence-electron chi connectivity index (χ0n) is 13.4. The van der Waals surface area contributed by atoms with E-state index in [9.17, 15) is 4.79 Å². The van der Waals surface area contributed by atoms with Crippen molar-refractivity contribution in [2.75, 3.05) is 7.11 Å². The van der Waals surface area contributed by atoms with Crippen molar-refractivity contribution in [1.82, 2.24) is 25.3 Å². The predicted molar refractivity (Wildman–Crippen MR) is 87.6 cm³/mol. The van der Waals surface area contributed by atoms with Crippen LogP contribution in [-0.2, 0) is 11.2 Å². The molecule has 3 N–H and O–H groups in total. The summed E-state index contributed by atoms with van der Waals surface area (Å²) in [5.74, 6) is -0.168. The van der Waals surface area contributed by atoms with E-state index in [0.29, 0.717) is 23.4 Å². The van der Waals surface area contributed by atoms with Crippen LogP contribution in [0.1, 0.15) is 12.0 Å². The Bertz CT molecular complexity index is 1080. The minimum absolute atomic E-state index is 0.000253. The van der Waals surface area contributed by atoms with Gasteiger partial charge in [-0.3, -0.25) is 4.79 Å². The summed E-state index contributed by atoms with van der Waals surface area (Å²) in [6.07, 6.45) is 0.332. The van der Waals surface area contributed by atoms with Gasteiger partial charge in [0, 0.05) is 23.1 Å². The third-order valence-corrected chi connectivity index (χ3v) is 4.02. The van der Waals surface area contributed by atoms with Gasteiger partial charge >= 0.3 is 5.97 Å². The summed E-state index contributed by atoms with van der Waals surface area (Å²) in [6.45, 7) is 0. The minimum Gasteiger partial charge on any atom is -0.497 e. The van der Waals surface area contributed by atoms with Crippen LogP contribution in [0.2, 0.25) is 0 Å². The van der Waals surface area contributed by atoms with Gasteiger partial charge in [0.2, 0.25) is 11.0 Å². The highest BCUT2D eigenvalue weighted by atomic mass is 16.5.